The number of nitriles is 1. The first-order valence-corrected chi connectivity index (χ1v) is 13.6. The van der Waals surface area contributed by atoms with Crippen LogP contribution in [-0.2, 0) is 15.8 Å². The van der Waals surface area contributed by atoms with E-state index in [0.717, 1.165) is 43.0 Å². The predicted octanol–water partition coefficient (Wildman–Crippen LogP) is 5.04. The lowest BCUT2D eigenvalue weighted by Crippen LogP contribution is -2.59. The number of unbranched alkanes of at least 4 members (excludes halogenated alkanes) is 1. The molecule has 7 nitrogen and oxygen atoms in total. The van der Waals surface area contributed by atoms with Gasteiger partial charge in [0.2, 0.25) is 5.91 Å². The number of alkyl halides is 3. The Morgan fingerprint density at radius 2 is 1.72 bits per heavy atom. The third-order valence-electron chi connectivity index (χ3n) is 7.61. The minimum absolute atomic E-state index is 0.00242. The second-order valence-electron chi connectivity index (χ2n) is 12.1. The molecular weight excluding hydrogens is 527 g/mol. The highest BCUT2D eigenvalue weighted by Gasteiger charge is 2.49. The fraction of sp³-hybridized carbons (Fsp3) is 0.643. The topological polar surface area (TPSA) is 70.9 Å². The van der Waals surface area contributed by atoms with Gasteiger partial charge in [0, 0.05) is 37.1 Å². The first kappa shape index (κ1) is 30.8. The van der Waals surface area contributed by atoms with E-state index in [9.17, 15) is 22.8 Å². The molecule has 1 aromatic carbocycles. The summed E-state index contributed by atoms with van der Waals surface area (Å²) in [7, 11) is 0. The number of anilines is 1. The predicted molar refractivity (Wildman–Crippen MR) is 148 cm³/mol. The van der Waals surface area contributed by atoms with Crippen LogP contribution in [0.5, 0.6) is 0 Å². The number of piperazine rings is 1. The zero-order chi connectivity index (χ0) is 29.5. The van der Waals surface area contributed by atoms with Gasteiger partial charge in [-0.2, -0.15) is 18.4 Å². The number of thiocarbonyl (C=S) groups is 1. The summed E-state index contributed by atoms with van der Waals surface area (Å²) >= 11 is 5.58. The van der Waals surface area contributed by atoms with Gasteiger partial charge in [-0.25, -0.2) is 0 Å². The molecule has 0 bridgehead atoms. The van der Waals surface area contributed by atoms with E-state index in [2.05, 4.69) is 18.7 Å². The molecule has 0 radical (unpaired) electrons. The van der Waals surface area contributed by atoms with Crippen molar-refractivity contribution < 1.29 is 22.8 Å². The molecule has 2 atom stereocenters. The number of halogens is 3. The van der Waals surface area contributed by atoms with E-state index in [0.29, 0.717) is 13.1 Å². The number of hydrogen-bond acceptors (Lipinski definition) is 5. The van der Waals surface area contributed by atoms with Crippen molar-refractivity contribution in [3.05, 3.63) is 29.3 Å². The van der Waals surface area contributed by atoms with Gasteiger partial charge in [0.1, 0.15) is 5.54 Å². The van der Waals surface area contributed by atoms with Crippen molar-refractivity contribution in [2.24, 2.45) is 5.41 Å². The van der Waals surface area contributed by atoms with Crippen LogP contribution in [0, 0.1) is 16.7 Å². The Kier molecular flexibility index (Phi) is 8.73. The molecule has 2 aliphatic rings. The fourth-order valence-corrected chi connectivity index (χ4v) is 5.76. The van der Waals surface area contributed by atoms with Gasteiger partial charge >= 0.3 is 6.18 Å². The minimum Gasteiger partial charge on any atom is -0.337 e. The van der Waals surface area contributed by atoms with Crippen LogP contribution in [0.3, 0.4) is 0 Å². The quantitative estimate of drug-likeness (QED) is 0.356. The second-order valence-corrected chi connectivity index (χ2v) is 12.4. The SMILES string of the molecule is C[C@@H]1CN(C(=O)C(C)(C)C)[C@@H](C)CN1CCCCN1C(=S)N(c2ccc(C#N)c(C(F)(F)F)c2)C(=O)C1(C)C. The van der Waals surface area contributed by atoms with Gasteiger partial charge < -0.3 is 9.80 Å². The number of nitrogens with zero attached hydrogens (tertiary/aromatic N) is 5. The van der Waals surface area contributed by atoms with Gasteiger partial charge in [-0.3, -0.25) is 19.4 Å². The van der Waals surface area contributed by atoms with Crippen LogP contribution in [0.4, 0.5) is 18.9 Å². The Morgan fingerprint density at radius 1 is 1.10 bits per heavy atom. The largest absolute Gasteiger partial charge is 0.417 e. The Balaban J connectivity index is 1.65. The van der Waals surface area contributed by atoms with Gasteiger partial charge in [0.05, 0.1) is 22.9 Å². The van der Waals surface area contributed by atoms with Crippen molar-refractivity contribution >= 4 is 34.8 Å². The molecule has 0 unspecified atom stereocenters. The molecule has 11 heteroatoms. The molecule has 2 aliphatic heterocycles. The summed E-state index contributed by atoms with van der Waals surface area (Å²) in [4.78, 5) is 33.4. The van der Waals surface area contributed by atoms with E-state index in [-0.39, 0.29) is 28.8 Å². The molecule has 0 N–H and O–H groups in total. The average molecular weight is 566 g/mol. The van der Waals surface area contributed by atoms with E-state index >= 15 is 0 Å². The number of rotatable bonds is 6. The highest BCUT2D eigenvalue weighted by Crippen LogP contribution is 2.38. The monoisotopic (exact) mass is 565 g/mol. The minimum atomic E-state index is -4.74. The zero-order valence-corrected chi connectivity index (χ0v) is 24.5. The number of hydrogen-bond donors (Lipinski definition) is 0. The highest BCUT2D eigenvalue weighted by molar-refractivity contribution is 7.80. The number of benzene rings is 1. The van der Waals surface area contributed by atoms with Gasteiger partial charge in [-0.1, -0.05) is 20.8 Å². The number of carbonyl (C=O) groups is 2. The average Bonchev–Trinajstić information content (AvgIpc) is 3.00. The third kappa shape index (κ3) is 6.22. The smallest absolute Gasteiger partial charge is 0.337 e. The van der Waals surface area contributed by atoms with E-state index in [1.54, 1.807) is 24.8 Å². The Bertz CT molecular complexity index is 1170. The highest BCUT2D eigenvalue weighted by atomic mass is 32.1. The van der Waals surface area contributed by atoms with Crippen molar-refractivity contribution in [1.82, 2.24) is 14.7 Å². The summed E-state index contributed by atoms with van der Waals surface area (Å²) in [6.07, 6.45) is -3.17. The molecule has 2 amide bonds. The van der Waals surface area contributed by atoms with E-state index in [1.807, 2.05) is 25.7 Å². The number of carbonyl (C=O) groups excluding carboxylic acids is 2. The Morgan fingerprint density at radius 3 is 2.28 bits per heavy atom. The molecule has 0 spiro atoms. The maximum Gasteiger partial charge on any atom is 0.417 e. The van der Waals surface area contributed by atoms with E-state index < -0.39 is 34.2 Å². The second kappa shape index (κ2) is 11.0. The lowest BCUT2D eigenvalue weighted by molar-refractivity contribution is -0.145. The fourth-order valence-electron chi connectivity index (χ4n) is 5.25. The van der Waals surface area contributed by atoms with Crippen LogP contribution in [0.1, 0.15) is 72.4 Å². The number of amides is 2. The lowest BCUT2D eigenvalue weighted by Gasteiger charge is -2.46. The molecule has 0 aromatic heterocycles. The summed E-state index contributed by atoms with van der Waals surface area (Å²) in [6, 6.07) is 5.09. The van der Waals surface area contributed by atoms with Crippen LogP contribution in [-0.4, -0.2) is 75.4 Å². The summed E-state index contributed by atoms with van der Waals surface area (Å²) < 4.78 is 40.6. The first-order valence-electron chi connectivity index (χ1n) is 13.2. The molecule has 2 fully saturated rings. The van der Waals surface area contributed by atoms with Crippen molar-refractivity contribution in [2.75, 3.05) is 31.1 Å². The van der Waals surface area contributed by atoms with E-state index in [4.69, 9.17) is 17.5 Å². The zero-order valence-electron chi connectivity index (χ0n) is 23.7. The maximum atomic E-state index is 13.5. The standard InChI is InChI=1S/C28H38F3N5O2S/c1-18-17-34(23(37)26(3,4)5)19(2)16-33(18)12-8-9-13-35-25(39)36(24(38)27(35,6)7)21-11-10-20(15-32)22(14-21)28(29,30)31/h10-11,14,18-19H,8-9,12-13,16-17H2,1-7H3/t18-,19+/m1/s1. The van der Waals surface area contributed by atoms with Crippen LogP contribution < -0.4 is 4.90 Å². The molecule has 0 saturated carbocycles. The summed E-state index contributed by atoms with van der Waals surface area (Å²) in [6.45, 7) is 16.2. The van der Waals surface area contributed by atoms with Crippen molar-refractivity contribution in [3.63, 3.8) is 0 Å². The molecule has 2 saturated heterocycles. The van der Waals surface area contributed by atoms with Gasteiger partial charge in [0.25, 0.3) is 5.91 Å². The lowest BCUT2D eigenvalue weighted by atomic mass is 9.92. The molecule has 0 aliphatic carbocycles. The van der Waals surface area contributed by atoms with Crippen molar-refractivity contribution in [1.29, 1.82) is 5.26 Å². The Labute approximate surface area is 234 Å². The van der Waals surface area contributed by atoms with Crippen molar-refractivity contribution in [2.45, 2.75) is 85.1 Å². The normalized spacial score (nSPS) is 22.4. The molecule has 3 rings (SSSR count). The van der Waals surface area contributed by atoms with Crippen LogP contribution >= 0.6 is 12.2 Å². The first-order chi connectivity index (χ1) is 17.9. The van der Waals surface area contributed by atoms with Gasteiger partial charge in [0.15, 0.2) is 5.11 Å². The third-order valence-corrected chi connectivity index (χ3v) is 8.01. The van der Waals surface area contributed by atoms with Crippen LogP contribution in [0.25, 0.3) is 0 Å². The molecule has 2 heterocycles. The molecule has 39 heavy (non-hydrogen) atoms. The van der Waals surface area contributed by atoms with Gasteiger partial charge in [-0.15, -0.1) is 0 Å². The van der Waals surface area contributed by atoms with Crippen LogP contribution in [0.15, 0.2) is 18.2 Å². The maximum absolute atomic E-state index is 13.5. The summed E-state index contributed by atoms with van der Waals surface area (Å²) in [5.74, 6) is -0.252. The van der Waals surface area contributed by atoms with E-state index in [1.165, 1.54) is 6.07 Å². The summed E-state index contributed by atoms with van der Waals surface area (Å²) in [5, 5.41) is 9.25. The Hall–Kier alpha value is -2.71. The molecule has 1 aromatic rings. The molecular formula is C28H38F3N5O2S. The van der Waals surface area contributed by atoms with Crippen LogP contribution in [0.2, 0.25) is 0 Å². The van der Waals surface area contributed by atoms with Crippen molar-refractivity contribution in [3.8, 4) is 6.07 Å². The van der Waals surface area contributed by atoms with Gasteiger partial charge in [-0.05, 0) is 77.5 Å². The molecule has 214 valence electrons. The summed E-state index contributed by atoms with van der Waals surface area (Å²) in [5.41, 5.74) is -3.05.